The molecule has 2 unspecified atom stereocenters. The van der Waals surface area contributed by atoms with Gasteiger partial charge in [-0.3, -0.25) is 20.4 Å². The zero-order valence-corrected chi connectivity index (χ0v) is 14.7. The van der Waals surface area contributed by atoms with Gasteiger partial charge in [0.2, 0.25) is 11.8 Å². The maximum Gasteiger partial charge on any atom is 0.248 e. The largest absolute Gasteiger partial charge is 0.273 e. The highest BCUT2D eigenvalue weighted by Gasteiger charge is 2.44. The Morgan fingerprint density at radius 1 is 1.08 bits per heavy atom. The van der Waals surface area contributed by atoms with Crippen molar-refractivity contribution < 1.29 is 14.0 Å². The highest BCUT2D eigenvalue weighted by atomic mass is 35.5. The second kappa shape index (κ2) is 7.89. The lowest BCUT2D eigenvalue weighted by Crippen LogP contribution is -2.43. The van der Waals surface area contributed by atoms with Crippen molar-refractivity contribution in [2.45, 2.75) is 17.2 Å². The van der Waals surface area contributed by atoms with E-state index in [4.69, 9.17) is 11.6 Å². The first-order valence-corrected chi connectivity index (χ1v) is 9.12. The zero-order chi connectivity index (χ0) is 17.8. The van der Waals surface area contributed by atoms with Crippen LogP contribution in [0.4, 0.5) is 4.39 Å². The number of nitrogens with one attached hydrogen (secondary N) is 2. The molecule has 1 aliphatic rings. The monoisotopic (exact) mass is 378 g/mol. The fraction of sp³-hybridized carbons (Fsp3) is 0.222. The van der Waals surface area contributed by atoms with E-state index in [2.05, 4.69) is 10.9 Å². The Kier molecular flexibility index (Phi) is 5.60. The number of hydrogen-bond donors (Lipinski definition) is 2. The highest BCUT2D eigenvalue weighted by Crippen LogP contribution is 2.47. The van der Waals surface area contributed by atoms with E-state index in [1.54, 1.807) is 24.3 Å². The molecule has 0 aromatic heterocycles. The molecule has 2 amide bonds. The van der Waals surface area contributed by atoms with E-state index < -0.39 is 0 Å². The van der Waals surface area contributed by atoms with Crippen molar-refractivity contribution in [3.8, 4) is 0 Å². The molecule has 0 heterocycles. The number of carbonyl (C=O) groups excluding carboxylic acids is 2. The first-order chi connectivity index (χ1) is 12.0. The molecule has 0 radical (unpaired) electrons. The molecule has 2 aromatic rings. The molecule has 0 spiro atoms. The molecular weight excluding hydrogens is 363 g/mol. The van der Waals surface area contributed by atoms with Crippen LogP contribution in [0.2, 0.25) is 5.02 Å². The van der Waals surface area contributed by atoms with Crippen LogP contribution in [0.5, 0.6) is 0 Å². The number of amides is 2. The molecular formula is C18H16ClFN2O2S. The molecule has 1 aliphatic carbocycles. The molecule has 7 heteroatoms. The fourth-order valence-electron chi connectivity index (χ4n) is 2.50. The summed E-state index contributed by atoms with van der Waals surface area (Å²) in [7, 11) is 0. The van der Waals surface area contributed by atoms with Gasteiger partial charge in [-0.05, 0) is 54.3 Å². The van der Waals surface area contributed by atoms with Crippen molar-refractivity contribution in [3.05, 3.63) is 64.9 Å². The van der Waals surface area contributed by atoms with Gasteiger partial charge < -0.3 is 0 Å². The molecule has 2 aromatic carbocycles. The van der Waals surface area contributed by atoms with E-state index in [1.807, 2.05) is 12.1 Å². The van der Waals surface area contributed by atoms with Crippen molar-refractivity contribution in [3.63, 3.8) is 0 Å². The van der Waals surface area contributed by atoms with Crippen LogP contribution in [0.15, 0.2) is 53.4 Å². The molecule has 2 N–H and O–H groups in total. The van der Waals surface area contributed by atoms with Crippen LogP contribution in [0.3, 0.4) is 0 Å². The van der Waals surface area contributed by atoms with Gasteiger partial charge in [-0.25, -0.2) is 4.39 Å². The predicted molar refractivity (Wildman–Crippen MR) is 95.7 cm³/mol. The van der Waals surface area contributed by atoms with Gasteiger partial charge in [0.15, 0.2) is 0 Å². The summed E-state index contributed by atoms with van der Waals surface area (Å²) >= 11 is 7.16. The lowest BCUT2D eigenvalue weighted by Gasteiger charge is -2.07. The Balaban J connectivity index is 1.39. The van der Waals surface area contributed by atoms with Crippen molar-refractivity contribution in [2.24, 2.45) is 5.92 Å². The standard InChI is InChI=1S/C18H16ClFN2O2S/c19-12-3-7-14(8-4-12)25-10-17(23)21-22-18(24)16-9-15(16)11-1-5-13(20)6-2-11/h1-8,15-16H,9-10H2,(H,21,23)(H,22,24). The van der Waals surface area contributed by atoms with Gasteiger partial charge in [0.25, 0.3) is 0 Å². The lowest BCUT2D eigenvalue weighted by atomic mass is 10.1. The summed E-state index contributed by atoms with van der Waals surface area (Å²) < 4.78 is 12.9. The van der Waals surface area contributed by atoms with Gasteiger partial charge in [0.05, 0.1) is 5.75 Å². The van der Waals surface area contributed by atoms with Gasteiger partial charge in [-0.2, -0.15) is 0 Å². The number of carbonyl (C=O) groups is 2. The number of hydrazine groups is 1. The quantitative estimate of drug-likeness (QED) is 0.618. The highest BCUT2D eigenvalue weighted by molar-refractivity contribution is 8.00. The number of rotatable bonds is 5. The summed E-state index contributed by atoms with van der Waals surface area (Å²) in [5, 5.41) is 0.640. The third-order valence-electron chi connectivity index (χ3n) is 3.93. The smallest absolute Gasteiger partial charge is 0.248 e. The van der Waals surface area contributed by atoms with Gasteiger partial charge in [0.1, 0.15) is 5.82 Å². The van der Waals surface area contributed by atoms with Crippen LogP contribution in [0.25, 0.3) is 0 Å². The fourth-order valence-corrected chi connectivity index (χ4v) is 3.33. The van der Waals surface area contributed by atoms with E-state index in [0.29, 0.717) is 11.4 Å². The molecule has 2 atom stereocenters. The zero-order valence-electron chi connectivity index (χ0n) is 13.2. The summed E-state index contributed by atoms with van der Waals surface area (Å²) in [5.41, 5.74) is 5.81. The molecule has 130 valence electrons. The normalized spacial score (nSPS) is 18.5. The summed E-state index contributed by atoms with van der Waals surface area (Å²) in [5.74, 6) is -0.716. The van der Waals surface area contributed by atoms with Crippen LogP contribution in [-0.2, 0) is 9.59 Å². The molecule has 4 nitrogen and oxygen atoms in total. The second-order valence-corrected chi connectivity index (χ2v) is 7.27. The van der Waals surface area contributed by atoms with Gasteiger partial charge in [-0.1, -0.05) is 23.7 Å². The third-order valence-corrected chi connectivity index (χ3v) is 5.20. The van der Waals surface area contributed by atoms with E-state index in [0.717, 1.165) is 10.5 Å². The minimum Gasteiger partial charge on any atom is -0.273 e. The Labute approximate surface area is 154 Å². The van der Waals surface area contributed by atoms with Crippen LogP contribution in [0, 0.1) is 11.7 Å². The molecule has 3 rings (SSSR count). The first kappa shape index (κ1) is 17.8. The number of thioether (sulfide) groups is 1. The van der Waals surface area contributed by atoms with Crippen molar-refractivity contribution >= 4 is 35.2 Å². The van der Waals surface area contributed by atoms with Gasteiger partial charge >= 0.3 is 0 Å². The van der Waals surface area contributed by atoms with Crippen molar-refractivity contribution in [2.75, 3.05) is 5.75 Å². The summed E-state index contributed by atoms with van der Waals surface area (Å²) in [4.78, 5) is 24.8. The average Bonchev–Trinajstić information content (AvgIpc) is 3.40. The molecule has 0 saturated heterocycles. The average molecular weight is 379 g/mol. The Morgan fingerprint density at radius 3 is 2.44 bits per heavy atom. The SMILES string of the molecule is O=C(CSc1ccc(Cl)cc1)NNC(=O)C1CC1c1ccc(F)cc1. The first-order valence-electron chi connectivity index (χ1n) is 7.75. The predicted octanol–water partition coefficient (Wildman–Crippen LogP) is 3.52. The Morgan fingerprint density at radius 2 is 1.76 bits per heavy atom. The van der Waals surface area contributed by atoms with Crippen LogP contribution in [-0.4, -0.2) is 17.6 Å². The van der Waals surface area contributed by atoms with Crippen LogP contribution < -0.4 is 10.9 Å². The molecule has 1 fully saturated rings. The minimum atomic E-state index is -0.296. The Bertz CT molecular complexity index is 768. The molecule has 1 saturated carbocycles. The van der Waals surface area contributed by atoms with E-state index in [1.165, 1.54) is 23.9 Å². The number of hydrogen-bond acceptors (Lipinski definition) is 3. The summed E-state index contributed by atoms with van der Waals surface area (Å²) in [6.45, 7) is 0. The van der Waals surface area contributed by atoms with Gasteiger partial charge in [-0.15, -0.1) is 11.8 Å². The summed E-state index contributed by atoms with van der Waals surface area (Å²) in [6, 6.07) is 13.3. The van der Waals surface area contributed by atoms with Crippen LogP contribution >= 0.6 is 23.4 Å². The third kappa shape index (κ3) is 4.96. The summed E-state index contributed by atoms with van der Waals surface area (Å²) in [6.07, 6.45) is 0.701. The number of benzene rings is 2. The topological polar surface area (TPSA) is 58.2 Å². The minimum absolute atomic E-state index is 0.0842. The molecule has 25 heavy (non-hydrogen) atoms. The maximum atomic E-state index is 12.9. The van der Waals surface area contributed by atoms with E-state index >= 15 is 0 Å². The van der Waals surface area contributed by atoms with Gasteiger partial charge in [0, 0.05) is 15.8 Å². The number of halogens is 2. The van der Waals surface area contributed by atoms with E-state index in [-0.39, 0.29) is 35.2 Å². The lowest BCUT2D eigenvalue weighted by molar-refractivity contribution is -0.128. The maximum absolute atomic E-state index is 12.9. The van der Waals surface area contributed by atoms with Crippen molar-refractivity contribution in [1.29, 1.82) is 0 Å². The van der Waals surface area contributed by atoms with E-state index in [9.17, 15) is 14.0 Å². The molecule has 0 aliphatic heterocycles. The van der Waals surface area contributed by atoms with Crippen molar-refractivity contribution in [1.82, 2.24) is 10.9 Å². The van der Waals surface area contributed by atoms with Crippen LogP contribution in [0.1, 0.15) is 17.9 Å². The second-order valence-electron chi connectivity index (χ2n) is 5.78. The Hall–Kier alpha value is -2.05. The molecule has 0 bridgehead atoms.